The Labute approximate surface area is 106 Å². The molecule has 0 saturated carbocycles. The summed E-state index contributed by atoms with van der Waals surface area (Å²) >= 11 is 7.59. The molecule has 1 atom stereocenters. The van der Waals surface area contributed by atoms with Gasteiger partial charge in [-0.25, -0.2) is 0 Å². The van der Waals surface area contributed by atoms with Crippen LogP contribution in [-0.2, 0) is 0 Å². The van der Waals surface area contributed by atoms with Crippen LogP contribution in [0.25, 0.3) is 0 Å². The van der Waals surface area contributed by atoms with Gasteiger partial charge in [-0.3, -0.25) is 10.0 Å². The normalized spacial score (nSPS) is 20.9. The van der Waals surface area contributed by atoms with E-state index in [2.05, 4.69) is 44.1 Å². The molecule has 0 N–H and O–H groups in total. The van der Waals surface area contributed by atoms with Gasteiger partial charge in [0.1, 0.15) is 5.00 Å². The molecule has 0 amide bonds. The minimum atomic E-state index is 0.175. The summed E-state index contributed by atoms with van der Waals surface area (Å²) in [4.78, 5) is 0. The molecule has 2 heterocycles. The standard InChI is InChI=1S/C12H16ClN2S/c1-12(2,3)9-7-8-14(4)15(9)11-6-5-10(13)16-11/h5-7,9H,1-4H3. The van der Waals surface area contributed by atoms with Gasteiger partial charge < -0.3 is 0 Å². The van der Waals surface area contributed by atoms with Crippen molar-refractivity contribution in [1.82, 2.24) is 5.01 Å². The highest BCUT2D eigenvalue weighted by molar-refractivity contribution is 7.19. The summed E-state index contributed by atoms with van der Waals surface area (Å²) < 4.78 is 0.822. The second-order valence-electron chi connectivity index (χ2n) is 5.05. The van der Waals surface area contributed by atoms with Gasteiger partial charge >= 0.3 is 0 Å². The van der Waals surface area contributed by atoms with Gasteiger partial charge in [-0.15, -0.1) is 11.3 Å². The van der Waals surface area contributed by atoms with Gasteiger partial charge in [-0.2, -0.15) is 0 Å². The fourth-order valence-electron chi connectivity index (χ4n) is 1.83. The van der Waals surface area contributed by atoms with Crippen molar-refractivity contribution in [1.29, 1.82) is 0 Å². The first-order valence-corrected chi connectivity index (χ1v) is 6.47. The molecule has 1 aromatic heterocycles. The molecule has 1 aliphatic heterocycles. The van der Waals surface area contributed by atoms with Gasteiger partial charge in [0.25, 0.3) is 0 Å². The molecule has 0 aliphatic carbocycles. The van der Waals surface area contributed by atoms with Crippen molar-refractivity contribution in [2.75, 3.05) is 12.1 Å². The molecule has 2 rings (SSSR count). The Bertz CT molecular complexity index is 405. The predicted octanol–water partition coefficient (Wildman–Crippen LogP) is 3.80. The molecule has 0 bridgehead atoms. The maximum Gasteiger partial charge on any atom is 0.112 e. The number of thiophene rings is 1. The maximum absolute atomic E-state index is 5.99. The van der Waals surface area contributed by atoms with E-state index in [1.54, 1.807) is 11.3 Å². The Morgan fingerprint density at radius 2 is 2.06 bits per heavy atom. The second kappa shape index (κ2) is 3.97. The summed E-state index contributed by atoms with van der Waals surface area (Å²) in [5, 5.41) is 5.39. The van der Waals surface area contributed by atoms with Gasteiger partial charge in [0.15, 0.2) is 0 Å². The number of rotatable bonds is 1. The van der Waals surface area contributed by atoms with Crippen molar-refractivity contribution < 1.29 is 0 Å². The minimum Gasteiger partial charge on any atom is -0.285 e. The van der Waals surface area contributed by atoms with Crippen molar-refractivity contribution in [3.8, 4) is 0 Å². The summed E-state index contributed by atoms with van der Waals surface area (Å²) in [7, 11) is 2.01. The van der Waals surface area contributed by atoms with Crippen molar-refractivity contribution in [3.05, 3.63) is 28.7 Å². The van der Waals surface area contributed by atoms with E-state index in [0.29, 0.717) is 6.04 Å². The van der Waals surface area contributed by atoms with Gasteiger partial charge in [-0.05, 0) is 23.6 Å². The lowest BCUT2D eigenvalue weighted by atomic mass is 9.87. The topological polar surface area (TPSA) is 6.48 Å². The van der Waals surface area contributed by atoms with Crippen LogP contribution in [0.15, 0.2) is 18.2 Å². The zero-order chi connectivity index (χ0) is 11.9. The Hall–Kier alpha value is -0.670. The van der Waals surface area contributed by atoms with Crippen molar-refractivity contribution >= 4 is 27.9 Å². The predicted molar refractivity (Wildman–Crippen MR) is 70.6 cm³/mol. The molecule has 87 valence electrons. The van der Waals surface area contributed by atoms with E-state index < -0.39 is 0 Å². The van der Waals surface area contributed by atoms with E-state index in [1.165, 1.54) is 0 Å². The molecule has 1 radical (unpaired) electrons. The molecule has 4 heteroatoms. The molecule has 0 fully saturated rings. The molecule has 0 saturated heterocycles. The summed E-state index contributed by atoms with van der Waals surface area (Å²) in [6.07, 6.45) is 5.35. The Morgan fingerprint density at radius 3 is 2.56 bits per heavy atom. The molecule has 0 aromatic carbocycles. The van der Waals surface area contributed by atoms with Crippen LogP contribution in [0.2, 0.25) is 4.34 Å². The Morgan fingerprint density at radius 1 is 1.38 bits per heavy atom. The quantitative estimate of drug-likeness (QED) is 0.753. The van der Waals surface area contributed by atoms with Crippen LogP contribution in [0.5, 0.6) is 0 Å². The number of hydrogen-bond donors (Lipinski definition) is 0. The van der Waals surface area contributed by atoms with E-state index in [0.717, 1.165) is 9.34 Å². The lowest BCUT2D eigenvalue weighted by molar-refractivity contribution is 0.291. The van der Waals surface area contributed by atoms with Crippen LogP contribution in [-0.4, -0.2) is 18.1 Å². The van der Waals surface area contributed by atoms with Crippen molar-refractivity contribution in [2.45, 2.75) is 26.8 Å². The fraction of sp³-hybridized carbons (Fsp3) is 0.500. The monoisotopic (exact) mass is 255 g/mol. The fourth-order valence-corrected chi connectivity index (χ4v) is 2.93. The third-order valence-electron chi connectivity index (χ3n) is 2.68. The van der Waals surface area contributed by atoms with E-state index in [1.807, 2.05) is 18.1 Å². The summed E-state index contributed by atoms with van der Waals surface area (Å²) in [5.74, 6) is 0. The number of nitrogens with zero attached hydrogens (tertiary/aromatic N) is 2. The summed E-state index contributed by atoms with van der Waals surface area (Å²) in [6, 6.07) is 4.32. The van der Waals surface area contributed by atoms with E-state index in [9.17, 15) is 0 Å². The summed E-state index contributed by atoms with van der Waals surface area (Å²) in [6.45, 7) is 6.70. The van der Waals surface area contributed by atoms with Crippen LogP contribution >= 0.6 is 22.9 Å². The SMILES string of the molecule is CN1[C]=CC(C(C)(C)C)N1c1ccc(Cl)s1. The smallest absolute Gasteiger partial charge is 0.112 e. The lowest BCUT2D eigenvalue weighted by Crippen LogP contribution is -2.45. The first kappa shape index (κ1) is 11.8. The number of anilines is 1. The first-order chi connectivity index (χ1) is 7.39. The Kier molecular flexibility index (Phi) is 2.93. The van der Waals surface area contributed by atoms with Crippen LogP contribution < -0.4 is 5.01 Å². The molecule has 0 spiro atoms. The molecule has 1 aliphatic rings. The molecule has 2 nitrogen and oxygen atoms in total. The molecular formula is C12H16ClN2S. The average molecular weight is 256 g/mol. The van der Waals surface area contributed by atoms with E-state index >= 15 is 0 Å². The van der Waals surface area contributed by atoms with Crippen LogP contribution in [0.1, 0.15) is 20.8 Å². The molecule has 1 unspecified atom stereocenters. The third kappa shape index (κ3) is 2.06. The van der Waals surface area contributed by atoms with Gasteiger partial charge in [-0.1, -0.05) is 32.4 Å². The van der Waals surface area contributed by atoms with E-state index in [-0.39, 0.29) is 5.41 Å². The highest BCUT2D eigenvalue weighted by atomic mass is 35.5. The van der Waals surface area contributed by atoms with Gasteiger partial charge in [0, 0.05) is 7.05 Å². The highest BCUT2D eigenvalue weighted by Gasteiger charge is 2.35. The highest BCUT2D eigenvalue weighted by Crippen LogP contribution is 2.38. The minimum absolute atomic E-state index is 0.175. The molecular weight excluding hydrogens is 240 g/mol. The van der Waals surface area contributed by atoms with Gasteiger partial charge in [0.2, 0.25) is 0 Å². The average Bonchev–Trinajstić information content (AvgIpc) is 2.70. The zero-order valence-corrected chi connectivity index (χ0v) is 11.6. The third-order valence-corrected chi connectivity index (χ3v) is 3.90. The molecule has 16 heavy (non-hydrogen) atoms. The second-order valence-corrected chi connectivity index (χ2v) is 6.75. The number of hydrazine groups is 1. The van der Waals surface area contributed by atoms with Crippen LogP contribution in [0, 0.1) is 11.6 Å². The number of hydrogen-bond acceptors (Lipinski definition) is 3. The number of halogens is 1. The summed E-state index contributed by atoms with van der Waals surface area (Å²) in [5.41, 5.74) is 0.175. The zero-order valence-electron chi connectivity index (χ0n) is 9.99. The first-order valence-electron chi connectivity index (χ1n) is 5.27. The van der Waals surface area contributed by atoms with Gasteiger partial charge in [0.05, 0.1) is 16.6 Å². The van der Waals surface area contributed by atoms with Crippen molar-refractivity contribution in [3.63, 3.8) is 0 Å². The maximum atomic E-state index is 5.99. The van der Waals surface area contributed by atoms with Crippen LogP contribution in [0.3, 0.4) is 0 Å². The van der Waals surface area contributed by atoms with Crippen LogP contribution in [0.4, 0.5) is 5.00 Å². The Balaban J connectivity index is 2.32. The van der Waals surface area contributed by atoms with Crippen molar-refractivity contribution in [2.24, 2.45) is 5.41 Å². The van der Waals surface area contributed by atoms with E-state index in [4.69, 9.17) is 11.6 Å². The lowest BCUT2D eigenvalue weighted by Gasteiger charge is -2.38. The molecule has 1 aromatic rings. The largest absolute Gasteiger partial charge is 0.285 e.